The number of amides is 1. The third kappa shape index (κ3) is 4.35. The Kier molecular flexibility index (Phi) is 5.25. The maximum absolute atomic E-state index is 10.8. The van der Waals surface area contributed by atoms with E-state index in [2.05, 4.69) is 15.4 Å². The summed E-state index contributed by atoms with van der Waals surface area (Å²) in [5.41, 5.74) is 2.70. The van der Waals surface area contributed by atoms with Crippen LogP contribution in [0.15, 0.2) is 59.0 Å². The summed E-state index contributed by atoms with van der Waals surface area (Å²) in [5, 5.41) is 25.3. The van der Waals surface area contributed by atoms with E-state index < -0.39 is 12.1 Å². The molecule has 0 aliphatic rings. The summed E-state index contributed by atoms with van der Waals surface area (Å²) in [6, 6.07) is 15.8. The summed E-state index contributed by atoms with van der Waals surface area (Å²) < 4.78 is 13.2. The van der Waals surface area contributed by atoms with Gasteiger partial charge in [-0.25, -0.2) is 9.78 Å². The van der Waals surface area contributed by atoms with E-state index in [1.165, 1.54) is 6.07 Å². The molecular formula is C21H20N4O5. The summed E-state index contributed by atoms with van der Waals surface area (Å²) in [6.07, 6.45) is -1.11. The average molecular weight is 408 g/mol. The van der Waals surface area contributed by atoms with Gasteiger partial charge in [-0.3, -0.25) is 4.68 Å². The lowest BCUT2D eigenvalue weighted by atomic mass is 10.2. The van der Waals surface area contributed by atoms with Gasteiger partial charge in [-0.05, 0) is 24.6 Å². The van der Waals surface area contributed by atoms with Crippen LogP contribution in [0.25, 0.3) is 22.7 Å². The van der Waals surface area contributed by atoms with Gasteiger partial charge in [0.1, 0.15) is 23.6 Å². The number of phenolic OH excluding ortho intramolecular Hbond substituents is 1. The van der Waals surface area contributed by atoms with Crippen LogP contribution in [-0.4, -0.2) is 43.7 Å². The molecule has 9 nitrogen and oxygen atoms in total. The molecule has 2 aromatic carbocycles. The Morgan fingerprint density at radius 3 is 2.80 bits per heavy atom. The molecule has 1 amide bonds. The van der Waals surface area contributed by atoms with Crippen LogP contribution >= 0.6 is 0 Å². The first-order valence-electron chi connectivity index (χ1n) is 9.32. The summed E-state index contributed by atoms with van der Waals surface area (Å²) in [7, 11) is 0. The number of oxazole rings is 1. The third-order valence-electron chi connectivity index (χ3n) is 4.37. The maximum Gasteiger partial charge on any atom is 0.404 e. The highest BCUT2D eigenvalue weighted by atomic mass is 16.5. The Balaban J connectivity index is 1.65. The number of fused-ring (bicyclic) bond motifs is 1. The van der Waals surface area contributed by atoms with Crippen molar-refractivity contribution >= 4 is 17.2 Å². The number of aromatic hydroxyl groups is 1. The Morgan fingerprint density at radius 1 is 1.23 bits per heavy atom. The second-order valence-electron chi connectivity index (χ2n) is 6.84. The minimum absolute atomic E-state index is 0.0898. The Morgan fingerprint density at radius 2 is 2.03 bits per heavy atom. The van der Waals surface area contributed by atoms with Crippen molar-refractivity contribution < 1.29 is 24.2 Å². The van der Waals surface area contributed by atoms with Gasteiger partial charge in [-0.15, -0.1) is 5.10 Å². The standard InChI is InChI=1S/C21H20N4O5/c1-13(22-21(27)28)12-29-19-10-17(25(24-19)11-14-5-3-2-4-6-14)20-23-16-8-7-15(26)9-18(16)30-20/h2-10,13,22,26H,11-12H2,1H3,(H,27,28)/t13-/m0/s1. The van der Waals surface area contributed by atoms with E-state index in [4.69, 9.17) is 14.3 Å². The van der Waals surface area contributed by atoms with Gasteiger partial charge in [0.25, 0.3) is 0 Å². The molecule has 0 bridgehead atoms. The van der Waals surface area contributed by atoms with Gasteiger partial charge in [0.2, 0.25) is 11.8 Å². The topological polar surface area (TPSA) is 123 Å². The number of carboxylic acid groups (broad SMARTS) is 1. The van der Waals surface area contributed by atoms with Gasteiger partial charge >= 0.3 is 6.09 Å². The molecule has 4 aromatic rings. The molecule has 1 atom stereocenters. The number of hydrogen-bond donors (Lipinski definition) is 3. The van der Waals surface area contributed by atoms with Crippen LogP contribution in [0, 0.1) is 0 Å². The monoisotopic (exact) mass is 408 g/mol. The number of aromatic nitrogens is 3. The summed E-state index contributed by atoms with van der Waals surface area (Å²) in [5.74, 6) is 0.752. The van der Waals surface area contributed by atoms with E-state index in [-0.39, 0.29) is 12.4 Å². The molecule has 2 heterocycles. The molecule has 0 unspecified atom stereocenters. The van der Waals surface area contributed by atoms with Crippen LogP contribution in [0.5, 0.6) is 11.6 Å². The van der Waals surface area contributed by atoms with Crippen molar-refractivity contribution in [1.82, 2.24) is 20.1 Å². The van der Waals surface area contributed by atoms with Crippen molar-refractivity contribution in [1.29, 1.82) is 0 Å². The lowest BCUT2D eigenvalue weighted by molar-refractivity contribution is 0.182. The highest BCUT2D eigenvalue weighted by molar-refractivity contribution is 5.77. The lowest BCUT2D eigenvalue weighted by Crippen LogP contribution is -2.35. The molecule has 0 saturated carbocycles. The van der Waals surface area contributed by atoms with Crippen molar-refractivity contribution in [3.63, 3.8) is 0 Å². The van der Waals surface area contributed by atoms with Crippen molar-refractivity contribution in [2.45, 2.75) is 19.5 Å². The zero-order valence-electron chi connectivity index (χ0n) is 16.1. The summed E-state index contributed by atoms with van der Waals surface area (Å²) >= 11 is 0. The maximum atomic E-state index is 10.8. The number of benzene rings is 2. The number of ether oxygens (including phenoxy) is 1. The molecule has 0 aliphatic carbocycles. The highest BCUT2D eigenvalue weighted by Gasteiger charge is 2.18. The smallest absolute Gasteiger partial charge is 0.404 e. The van der Waals surface area contributed by atoms with Crippen molar-refractivity contribution in [2.75, 3.05) is 6.61 Å². The van der Waals surface area contributed by atoms with E-state index in [0.717, 1.165) is 5.56 Å². The molecule has 0 radical (unpaired) electrons. The second kappa shape index (κ2) is 8.16. The number of phenols is 1. The molecule has 0 fully saturated rings. The SMILES string of the molecule is C[C@@H](COc1cc(-c2nc3ccc(O)cc3o2)n(Cc2ccccc2)n1)NC(=O)O. The minimum atomic E-state index is -1.11. The van der Waals surface area contributed by atoms with Crippen LogP contribution < -0.4 is 10.1 Å². The molecule has 9 heteroatoms. The Hall–Kier alpha value is -4.01. The fourth-order valence-corrected chi connectivity index (χ4v) is 3.00. The van der Waals surface area contributed by atoms with E-state index in [1.54, 1.807) is 29.8 Å². The third-order valence-corrected chi connectivity index (χ3v) is 4.37. The molecule has 3 N–H and O–H groups in total. The first-order chi connectivity index (χ1) is 14.5. The summed E-state index contributed by atoms with van der Waals surface area (Å²) in [6.45, 7) is 2.28. The van der Waals surface area contributed by atoms with Crippen molar-refractivity contribution in [3.8, 4) is 23.2 Å². The first-order valence-corrected chi connectivity index (χ1v) is 9.32. The number of carbonyl (C=O) groups is 1. The number of rotatable bonds is 7. The van der Waals surface area contributed by atoms with E-state index >= 15 is 0 Å². The van der Waals surface area contributed by atoms with Crippen LogP contribution in [0.1, 0.15) is 12.5 Å². The van der Waals surface area contributed by atoms with Gasteiger partial charge in [-0.2, -0.15) is 0 Å². The predicted molar refractivity (Wildman–Crippen MR) is 109 cm³/mol. The largest absolute Gasteiger partial charge is 0.508 e. The first kappa shape index (κ1) is 19.3. The fourth-order valence-electron chi connectivity index (χ4n) is 3.00. The average Bonchev–Trinajstić information content (AvgIpc) is 3.30. The van der Waals surface area contributed by atoms with Crippen LogP contribution in [0.4, 0.5) is 4.79 Å². The normalized spacial score (nSPS) is 12.0. The highest BCUT2D eigenvalue weighted by Crippen LogP contribution is 2.29. The van der Waals surface area contributed by atoms with E-state index in [0.29, 0.717) is 35.1 Å². The van der Waals surface area contributed by atoms with Gasteiger partial charge in [0, 0.05) is 12.1 Å². The fraction of sp³-hybridized carbons (Fsp3) is 0.190. The molecule has 30 heavy (non-hydrogen) atoms. The van der Waals surface area contributed by atoms with Gasteiger partial charge in [-0.1, -0.05) is 30.3 Å². The predicted octanol–water partition coefficient (Wildman–Crippen LogP) is 3.48. The molecule has 0 aliphatic heterocycles. The molecular weight excluding hydrogens is 388 g/mol. The molecule has 0 saturated heterocycles. The second-order valence-corrected chi connectivity index (χ2v) is 6.84. The lowest BCUT2D eigenvalue weighted by Gasteiger charge is -2.10. The van der Waals surface area contributed by atoms with Crippen LogP contribution in [0.3, 0.4) is 0 Å². The molecule has 4 rings (SSSR count). The molecule has 154 valence electrons. The minimum Gasteiger partial charge on any atom is -0.508 e. The quantitative estimate of drug-likeness (QED) is 0.428. The van der Waals surface area contributed by atoms with Gasteiger partial charge in [0.15, 0.2) is 5.58 Å². The van der Waals surface area contributed by atoms with Crippen molar-refractivity contribution in [2.24, 2.45) is 0 Å². The Bertz CT molecular complexity index is 1170. The van der Waals surface area contributed by atoms with E-state index in [9.17, 15) is 9.90 Å². The zero-order chi connectivity index (χ0) is 21.1. The number of hydrogen-bond acceptors (Lipinski definition) is 6. The molecule has 0 spiro atoms. The van der Waals surface area contributed by atoms with Crippen LogP contribution in [-0.2, 0) is 6.54 Å². The van der Waals surface area contributed by atoms with Gasteiger partial charge in [0.05, 0.1) is 12.6 Å². The number of nitrogens with zero attached hydrogens (tertiary/aromatic N) is 3. The van der Waals surface area contributed by atoms with Gasteiger partial charge < -0.3 is 24.7 Å². The number of nitrogens with one attached hydrogen (secondary N) is 1. The van der Waals surface area contributed by atoms with E-state index in [1.807, 2.05) is 30.3 Å². The van der Waals surface area contributed by atoms with Crippen molar-refractivity contribution in [3.05, 3.63) is 60.2 Å². The zero-order valence-corrected chi connectivity index (χ0v) is 16.1. The Labute approximate surface area is 171 Å². The molecule has 2 aromatic heterocycles. The summed E-state index contributed by atoms with van der Waals surface area (Å²) in [4.78, 5) is 15.2. The van der Waals surface area contributed by atoms with Crippen LogP contribution in [0.2, 0.25) is 0 Å².